The van der Waals surface area contributed by atoms with Gasteiger partial charge in [0.1, 0.15) is 24.7 Å². The zero-order chi connectivity index (χ0) is 19.5. The van der Waals surface area contributed by atoms with Gasteiger partial charge in [-0.1, -0.05) is 12.1 Å². The summed E-state index contributed by atoms with van der Waals surface area (Å²) < 4.78 is 29.7. The van der Waals surface area contributed by atoms with Crippen molar-refractivity contribution in [2.45, 2.75) is 25.0 Å². The van der Waals surface area contributed by atoms with E-state index in [0.717, 1.165) is 11.1 Å². The summed E-state index contributed by atoms with van der Waals surface area (Å²) in [6.07, 6.45) is 0.211. The molecule has 1 aromatic carbocycles. The van der Waals surface area contributed by atoms with Gasteiger partial charge < -0.3 is 24.6 Å². The molecular formula is C20H21FN2O5. The minimum Gasteiger partial charge on any atom is -0.484 e. The average molecular weight is 388 g/mol. The number of pyridine rings is 1. The Morgan fingerprint density at radius 1 is 1.21 bits per heavy atom. The molecule has 2 atom stereocenters. The molecule has 28 heavy (non-hydrogen) atoms. The van der Waals surface area contributed by atoms with Crippen molar-refractivity contribution in [3.63, 3.8) is 0 Å². The van der Waals surface area contributed by atoms with E-state index in [1.165, 1.54) is 12.1 Å². The molecule has 8 heteroatoms. The van der Waals surface area contributed by atoms with Gasteiger partial charge in [-0.15, -0.1) is 0 Å². The van der Waals surface area contributed by atoms with E-state index in [2.05, 4.69) is 10.3 Å². The first-order valence-electron chi connectivity index (χ1n) is 9.21. The predicted octanol–water partition coefficient (Wildman–Crippen LogP) is 1.46. The van der Waals surface area contributed by atoms with Crippen molar-refractivity contribution in [2.24, 2.45) is 0 Å². The molecule has 3 heterocycles. The first-order chi connectivity index (χ1) is 13.6. The number of aliphatic hydroxyl groups is 1. The Morgan fingerprint density at radius 2 is 2.00 bits per heavy atom. The average Bonchev–Trinajstić information content (AvgIpc) is 2.71. The van der Waals surface area contributed by atoms with E-state index in [1.54, 1.807) is 18.2 Å². The van der Waals surface area contributed by atoms with Gasteiger partial charge in [-0.05, 0) is 30.2 Å². The second-order valence-corrected chi connectivity index (χ2v) is 6.81. The molecule has 2 N–H and O–H groups in total. The topological polar surface area (TPSA) is 89.9 Å². The van der Waals surface area contributed by atoms with Crippen molar-refractivity contribution >= 4 is 5.91 Å². The molecule has 2 aromatic rings. The molecule has 1 aromatic heterocycles. The third kappa shape index (κ3) is 4.07. The fraction of sp³-hybridized carbons (Fsp3) is 0.400. The Morgan fingerprint density at radius 3 is 2.79 bits per heavy atom. The maximum atomic E-state index is 13.2. The zero-order valence-corrected chi connectivity index (χ0v) is 15.2. The number of hydrogen-bond donors (Lipinski definition) is 2. The van der Waals surface area contributed by atoms with Crippen molar-refractivity contribution in [1.29, 1.82) is 0 Å². The van der Waals surface area contributed by atoms with E-state index in [-0.39, 0.29) is 24.0 Å². The van der Waals surface area contributed by atoms with Gasteiger partial charge in [0.2, 0.25) is 0 Å². The van der Waals surface area contributed by atoms with E-state index in [1.807, 2.05) is 0 Å². The lowest BCUT2D eigenvalue weighted by Gasteiger charge is -2.28. The Labute approximate surface area is 161 Å². The number of ether oxygens (including phenoxy) is 3. The van der Waals surface area contributed by atoms with Crippen molar-refractivity contribution in [2.75, 3.05) is 26.4 Å². The lowest BCUT2D eigenvalue weighted by molar-refractivity contribution is -0.0261. The van der Waals surface area contributed by atoms with Crippen LogP contribution in [0.1, 0.15) is 28.0 Å². The highest BCUT2D eigenvalue weighted by atomic mass is 19.1. The smallest absolute Gasteiger partial charge is 0.270 e. The number of carbonyl (C=O) groups is 1. The molecular weight excluding hydrogens is 367 g/mol. The summed E-state index contributed by atoms with van der Waals surface area (Å²) >= 11 is 0. The number of carbonyl (C=O) groups excluding carboxylic acids is 1. The van der Waals surface area contributed by atoms with Gasteiger partial charge in [0.25, 0.3) is 11.8 Å². The van der Waals surface area contributed by atoms with E-state index in [4.69, 9.17) is 14.2 Å². The van der Waals surface area contributed by atoms with Crippen LogP contribution in [0.4, 0.5) is 4.39 Å². The maximum Gasteiger partial charge on any atom is 0.270 e. The monoisotopic (exact) mass is 388 g/mol. The maximum absolute atomic E-state index is 13.2. The molecule has 1 fully saturated rings. The summed E-state index contributed by atoms with van der Waals surface area (Å²) in [5.74, 6) is 0.0558. The molecule has 1 amide bonds. The van der Waals surface area contributed by atoms with Gasteiger partial charge in [-0.25, -0.2) is 9.37 Å². The third-order valence-corrected chi connectivity index (χ3v) is 4.77. The normalized spacial score (nSPS) is 21.2. The number of amides is 1. The van der Waals surface area contributed by atoms with Crippen LogP contribution in [-0.4, -0.2) is 54.6 Å². The predicted molar refractivity (Wildman–Crippen MR) is 97.1 cm³/mol. The van der Waals surface area contributed by atoms with Crippen LogP contribution in [0.25, 0.3) is 0 Å². The van der Waals surface area contributed by atoms with Crippen LogP contribution >= 0.6 is 0 Å². The molecule has 1 saturated heterocycles. The Kier molecular flexibility index (Phi) is 5.40. The first-order valence-corrected chi connectivity index (χ1v) is 9.21. The Balaban J connectivity index is 1.60. The second-order valence-electron chi connectivity index (χ2n) is 6.81. The van der Waals surface area contributed by atoms with Crippen molar-refractivity contribution in [3.05, 3.63) is 53.0 Å². The van der Waals surface area contributed by atoms with Gasteiger partial charge >= 0.3 is 0 Å². The van der Waals surface area contributed by atoms with Crippen LogP contribution in [-0.2, 0) is 11.2 Å². The Bertz CT molecular complexity index is 858. The van der Waals surface area contributed by atoms with E-state index in [9.17, 15) is 14.3 Å². The number of benzene rings is 1. The van der Waals surface area contributed by atoms with Crippen LogP contribution in [0.15, 0.2) is 30.3 Å². The van der Waals surface area contributed by atoms with Crippen LogP contribution in [0.5, 0.6) is 11.6 Å². The summed E-state index contributed by atoms with van der Waals surface area (Å²) in [5.41, 5.74) is 1.78. The van der Waals surface area contributed by atoms with Crippen molar-refractivity contribution in [1.82, 2.24) is 10.3 Å². The molecule has 2 aliphatic rings. The summed E-state index contributed by atoms with van der Waals surface area (Å²) in [7, 11) is 0. The molecule has 7 nitrogen and oxygen atoms in total. The summed E-state index contributed by atoms with van der Waals surface area (Å²) in [6.45, 7) is 1.41. The van der Waals surface area contributed by atoms with E-state index < -0.39 is 18.1 Å². The number of fused-ring (bicyclic) bond motifs is 1. The lowest BCUT2D eigenvalue weighted by atomic mass is 10.0. The molecule has 2 aliphatic heterocycles. The summed E-state index contributed by atoms with van der Waals surface area (Å²) in [6, 6.07) is 7.41. The van der Waals surface area contributed by atoms with Crippen LogP contribution < -0.4 is 14.8 Å². The fourth-order valence-corrected chi connectivity index (χ4v) is 3.30. The van der Waals surface area contributed by atoms with Gasteiger partial charge in [0, 0.05) is 18.6 Å². The number of nitrogens with zero attached hydrogens (tertiary/aromatic N) is 1. The molecule has 148 valence electrons. The van der Waals surface area contributed by atoms with Gasteiger partial charge in [-0.2, -0.15) is 0 Å². The molecule has 0 radical (unpaired) electrons. The minimum absolute atomic E-state index is 0.181. The quantitative estimate of drug-likeness (QED) is 0.824. The van der Waals surface area contributed by atoms with Crippen LogP contribution in [0.3, 0.4) is 0 Å². The van der Waals surface area contributed by atoms with Crippen LogP contribution in [0.2, 0.25) is 0 Å². The van der Waals surface area contributed by atoms with Crippen molar-refractivity contribution in [3.8, 4) is 11.6 Å². The second kappa shape index (κ2) is 8.12. The zero-order valence-electron chi connectivity index (χ0n) is 15.2. The summed E-state index contributed by atoms with van der Waals surface area (Å²) in [4.78, 5) is 17.0. The first kappa shape index (κ1) is 18.6. The molecule has 0 spiro atoms. The Hall–Kier alpha value is -2.71. The number of aliphatic hydroxyl groups excluding tert-OH is 1. The highest BCUT2D eigenvalue weighted by Gasteiger charge is 2.28. The number of hydrogen-bond acceptors (Lipinski definition) is 6. The molecule has 0 saturated carbocycles. The fourth-order valence-electron chi connectivity index (χ4n) is 3.30. The van der Waals surface area contributed by atoms with E-state index >= 15 is 0 Å². The minimum atomic E-state index is -0.756. The van der Waals surface area contributed by atoms with Crippen molar-refractivity contribution < 1.29 is 28.5 Å². The number of halogens is 1. The largest absolute Gasteiger partial charge is 0.484 e. The molecule has 2 unspecified atom stereocenters. The van der Waals surface area contributed by atoms with Gasteiger partial charge in [-0.3, -0.25) is 4.79 Å². The van der Waals surface area contributed by atoms with E-state index in [0.29, 0.717) is 38.4 Å². The highest BCUT2D eigenvalue weighted by Crippen LogP contribution is 2.34. The number of rotatable bonds is 4. The van der Waals surface area contributed by atoms with Gasteiger partial charge in [0.05, 0.1) is 18.8 Å². The summed E-state index contributed by atoms with van der Waals surface area (Å²) in [5, 5.41) is 12.8. The molecule has 4 rings (SSSR count). The van der Waals surface area contributed by atoms with Crippen LogP contribution in [0, 0.1) is 5.82 Å². The molecule has 0 bridgehead atoms. The SMILES string of the molecule is O=C(NC1CCOCC1O)c1cc(Cc2ccc(F)cc2)c2c(n1)OCCO2. The standard InChI is InChI=1S/C20H21FN2O5/c21-14-3-1-12(2-4-14)9-13-10-16(23-20-18(13)27-7-8-28-20)19(25)22-15-5-6-26-11-17(15)24/h1-4,10,15,17,24H,5-9,11H2,(H,22,25). The molecule has 0 aliphatic carbocycles. The lowest BCUT2D eigenvalue weighted by Crippen LogP contribution is -2.48. The third-order valence-electron chi connectivity index (χ3n) is 4.77. The van der Waals surface area contributed by atoms with Gasteiger partial charge in [0.15, 0.2) is 5.75 Å². The number of nitrogens with one attached hydrogen (secondary N) is 1. The highest BCUT2D eigenvalue weighted by molar-refractivity contribution is 5.93. The number of aromatic nitrogens is 1.